The molecule has 5 nitrogen and oxygen atoms in total. The summed E-state index contributed by atoms with van der Waals surface area (Å²) in [7, 11) is 0. The number of carbonyl (C=O) groups is 1. The summed E-state index contributed by atoms with van der Waals surface area (Å²) in [5.41, 5.74) is 3.23. The predicted molar refractivity (Wildman–Crippen MR) is 123 cm³/mol. The molecule has 2 heterocycles. The lowest BCUT2D eigenvalue weighted by Crippen LogP contribution is -3.13. The van der Waals surface area contributed by atoms with E-state index in [1.165, 1.54) is 4.90 Å². The van der Waals surface area contributed by atoms with Gasteiger partial charge >= 0.3 is 0 Å². The minimum atomic E-state index is -0.0441. The number of nitrogens with one attached hydrogen (secondary N) is 2. The number of nitrogens with zero attached hydrogens (tertiary/aromatic N) is 2. The van der Waals surface area contributed by atoms with Gasteiger partial charge in [0.05, 0.1) is 43.0 Å². The van der Waals surface area contributed by atoms with Crippen LogP contribution in [0.5, 0.6) is 0 Å². The van der Waals surface area contributed by atoms with Gasteiger partial charge in [0.25, 0.3) is 5.91 Å². The zero-order valence-corrected chi connectivity index (χ0v) is 18.5. The molecule has 0 radical (unpaired) electrons. The molecular weight excluding hydrogens is 372 g/mol. The fourth-order valence-electron chi connectivity index (χ4n) is 3.92. The number of amides is 1. The fraction of sp³-hybridized carbons (Fsp3) is 0.400. The van der Waals surface area contributed by atoms with Gasteiger partial charge in [0.15, 0.2) is 0 Å². The van der Waals surface area contributed by atoms with Crippen LogP contribution in [0.1, 0.15) is 38.1 Å². The number of quaternary nitrogens is 1. The molecule has 158 valence electrons. The number of hydrogen-bond acceptors (Lipinski definition) is 3. The first-order chi connectivity index (χ1) is 14.4. The van der Waals surface area contributed by atoms with Crippen LogP contribution in [-0.2, 0) is 0 Å². The minimum Gasteiger partial charge on any atom is -0.346 e. The van der Waals surface area contributed by atoms with E-state index in [9.17, 15) is 4.79 Å². The van der Waals surface area contributed by atoms with Crippen LogP contribution in [0.2, 0.25) is 0 Å². The Balaban J connectivity index is 1.78. The molecule has 2 N–H and O–H groups in total. The standard InChI is InChI=1S/C25H32N4O/c1-18(2)16-29(17-19(3)4)14-13-27-25(30)22-15-24(20-9-11-26-12-10-20)28-23-8-6-5-7-21(22)23/h5-12,15,18-19H,13-14,16-17H2,1-4H3,(H,27,30)/p+1. The van der Waals surface area contributed by atoms with Crippen LogP contribution in [-0.4, -0.2) is 42.1 Å². The van der Waals surface area contributed by atoms with E-state index < -0.39 is 0 Å². The van der Waals surface area contributed by atoms with Gasteiger partial charge in [-0.1, -0.05) is 45.9 Å². The lowest BCUT2D eigenvalue weighted by molar-refractivity contribution is -0.904. The van der Waals surface area contributed by atoms with Crippen LogP contribution in [0.15, 0.2) is 54.9 Å². The number of carbonyl (C=O) groups excluding carboxylic acids is 1. The average molecular weight is 406 g/mol. The molecule has 0 aliphatic rings. The van der Waals surface area contributed by atoms with E-state index in [1.807, 2.05) is 42.5 Å². The summed E-state index contributed by atoms with van der Waals surface area (Å²) in [6, 6.07) is 13.5. The molecule has 1 aromatic carbocycles. The van der Waals surface area contributed by atoms with Gasteiger partial charge in [-0.15, -0.1) is 0 Å². The molecule has 5 heteroatoms. The number of fused-ring (bicyclic) bond motifs is 1. The van der Waals surface area contributed by atoms with Gasteiger partial charge in [-0.05, 0) is 24.3 Å². The summed E-state index contributed by atoms with van der Waals surface area (Å²) in [6.45, 7) is 12.9. The van der Waals surface area contributed by atoms with Crippen molar-refractivity contribution in [3.05, 3.63) is 60.4 Å². The van der Waals surface area contributed by atoms with Crippen molar-refractivity contribution >= 4 is 16.8 Å². The Hall–Kier alpha value is -2.79. The molecule has 3 aromatic rings. The number of benzene rings is 1. The van der Waals surface area contributed by atoms with E-state index in [-0.39, 0.29) is 5.91 Å². The van der Waals surface area contributed by atoms with Crippen LogP contribution in [0.3, 0.4) is 0 Å². The molecule has 30 heavy (non-hydrogen) atoms. The molecule has 0 aliphatic heterocycles. The molecule has 0 aliphatic carbocycles. The third kappa shape index (κ3) is 5.86. The smallest absolute Gasteiger partial charge is 0.252 e. The molecule has 2 aromatic heterocycles. The van der Waals surface area contributed by atoms with Crippen molar-refractivity contribution in [2.24, 2.45) is 11.8 Å². The van der Waals surface area contributed by atoms with Gasteiger partial charge in [0.1, 0.15) is 0 Å². The van der Waals surface area contributed by atoms with E-state index >= 15 is 0 Å². The normalized spacial score (nSPS) is 11.6. The van der Waals surface area contributed by atoms with E-state index in [4.69, 9.17) is 4.98 Å². The van der Waals surface area contributed by atoms with Crippen molar-refractivity contribution in [1.29, 1.82) is 0 Å². The molecular formula is C25H33N4O+. The van der Waals surface area contributed by atoms with Crippen LogP contribution in [0.25, 0.3) is 22.2 Å². The maximum atomic E-state index is 13.1. The van der Waals surface area contributed by atoms with Crippen LogP contribution in [0, 0.1) is 11.8 Å². The number of hydrogen-bond donors (Lipinski definition) is 2. The SMILES string of the molecule is CC(C)C[NH+](CCNC(=O)c1cc(-c2ccncc2)nc2ccccc12)CC(C)C. The van der Waals surface area contributed by atoms with Crippen molar-refractivity contribution in [2.45, 2.75) is 27.7 Å². The third-order valence-electron chi connectivity index (χ3n) is 5.09. The summed E-state index contributed by atoms with van der Waals surface area (Å²) in [5, 5.41) is 4.02. The molecule has 3 rings (SSSR count). The van der Waals surface area contributed by atoms with Crippen molar-refractivity contribution in [3.8, 4) is 11.3 Å². The molecule has 0 fully saturated rings. The van der Waals surface area contributed by atoms with Gasteiger partial charge in [-0.25, -0.2) is 4.98 Å². The lowest BCUT2D eigenvalue weighted by Gasteiger charge is -2.23. The Morgan fingerprint density at radius 1 is 1.00 bits per heavy atom. The second-order valence-corrected chi connectivity index (χ2v) is 8.76. The topological polar surface area (TPSA) is 59.3 Å². The number of aromatic nitrogens is 2. The first-order valence-electron chi connectivity index (χ1n) is 10.9. The van der Waals surface area contributed by atoms with Gasteiger partial charge in [-0.2, -0.15) is 0 Å². The van der Waals surface area contributed by atoms with Crippen LogP contribution >= 0.6 is 0 Å². The first-order valence-corrected chi connectivity index (χ1v) is 10.9. The summed E-state index contributed by atoms with van der Waals surface area (Å²) in [6.07, 6.45) is 3.49. The van der Waals surface area contributed by atoms with Gasteiger partial charge in [0.2, 0.25) is 0 Å². The highest BCUT2D eigenvalue weighted by atomic mass is 16.1. The average Bonchev–Trinajstić information content (AvgIpc) is 2.72. The molecule has 0 spiro atoms. The van der Waals surface area contributed by atoms with Crippen molar-refractivity contribution < 1.29 is 9.69 Å². The Bertz CT molecular complexity index is 959. The molecule has 0 unspecified atom stereocenters. The summed E-state index contributed by atoms with van der Waals surface area (Å²) in [4.78, 5) is 23.5. The van der Waals surface area contributed by atoms with Crippen molar-refractivity contribution in [2.75, 3.05) is 26.2 Å². The van der Waals surface area contributed by atoms with E-state index in [2.05, 4.69) is 38.0 Å². The van der Waals surface area contributed by atoms with Crippen LogP contribution in [0.4, 0.5) is 0 Å². The second kappa shape index (κ2) is 10.3. The van der Waals surface area contributed by atoms with Crippen molar-refractivity contribution in [3.63, 3.8) is 0 Å². The second-order valence-electron chi connectivity index (χ2n) is 8.76. The summed E-state index contributed by atoms with van der Waals surface area (Å²) < 4.78 is 0. The molecule has 0 saturated heterocycles. The fourth-order valence-corrected chi connectivity index (χ4v) is 3.92. The quantitative estimate of drug-likeness (QED) is 0.575. The maximum absolute atomic E-state index is 13.1. The minimum absolute atomic E-state index is 0.0441. The Morgan fingerprint density at radius 3 is 2.33 bits per heavy atom. The molecule has 1 amide bonds. The molecule has 0 atom stereocenters. The molecule has 0 saturated carbocycles. The zero-order valence-electron chi connectivity index (χ0n) is 18.5. The highest BCUT2D eigenvalue weighted by Crippen LogP contribution is 2.24. The third-order valence-corrected chi connectivity index (χ3v) is 5.09. The number of para-hydroxylation sites is 1. The number of pyridine rings is 2. The summed E-state index contributed by atoms with van der Waals surface area (Å²) in [5.74, 6) is 1.24. The highest BCUT2D eigenvalue weighted by molar-refractivity contribution is 6.07. The monoisotopic (exact) mass is 405 g/mol. The Kier molecular flexibility index (Phi) is 7.52. The van der Waals surface area contributed by atoms with Crippen molar-refractivity contribution in [1.82, 2.24) is 15.3 Å². The maximum Gasteiger partial charge on any atom is 0.252 e. The van der Waals surface area contributed by atoms with Crippen LogP contribution < -0.4 is 10.2 Å². The summed E-state index contributed by atoms with van der Waals surface area (Å²) >= 11 is 0. The van der Waals surface area contributed by atoms with Gasteiger partial charge in [-0.3, -0.25) is 9.78 Å². The number of rotatable bonds is 9. The molecule has 0 bridgehead atoms. The van der Waals surface area contributed by atoms with Gasteiger partial charge < -0.3 is 10.2 Å². The van der Waals surface area contributed by atoms with E-state index in [1.54, 1.807) is 12.4 Å². The van der Waals surface area contributed by atoms with E-state index in [0.717, 1.165) is 41.8 Å². The van der Waals surface area contributed by atoms with Gasteiger partial charge in [0, 0.05) is 35.2 Å². The highest BCUT2D eigenvalue weighted by Gasteiger charge is 2.16. The first kappa shape index (κ1) is 21.9. The zero-order chi connectivity index (χ0) is 21.5. The predicted octanol–water partition coefficient (Wildman–Crippen LogP) is 3.22. The lowest BCUT2D eigenvalue weighted by atomic mass is 10.0. The Labute approximate surface area is 179 Å². The van der Waals surface area contributed by atoms with E-state index in [0.29, 0.717) is 23.9 Å². The Morgan fingerprint density at radius 2 is 1.67 bits per heavy atom. The largest absolute Gasteiger partial charge is 0.346 e.